The molecule has 0 N–H and O–H groups in total. The second-order valence-corrected chi connectivity index (χ2v) is 17.7. The second kappa shape index (κ2) is 17.0. The Balaban J connectivity index is 1.09. The monoisotopic (exact) mass is 766 g/mol. The molecule has 8 aromatic rings. The number of ether oxygens (including phenoxy) is 1. The Labute approximate surface area is 329 Å². The molecule has 0 amide bonds. The van der Waals surface area contributed by atoms with Crippen molar-refractivity contribution < 1.29 is 4.74 Å². The number of aryl methyl sites for hydroxylation is 2. The summed E-state index contributed by atoms with van der Waals surface area (Å²) in [4.78, 5) is 0. The van der Waals surface area contributed by atoms with E-state index in [4.69, 9.17) is 4.74 Å². The lowest BCUT2D eigenvalue weighted by atomic mass is 10.0. The molecule has 4 aromatic heterocycles. The summed E-state index contributed by atoms with van der Waals surface area (Å²) in [5.74, 6) is 1.94. The molecule has 0 bridgehead atoms. The molecule has 0 aliphatic carbocycles. The SMILES string of the molecule is CCCCCCc1ccc(/C=C/c2c3ccsc3c(Oc3c4ccsc4c(/C=C/c4ccc(CCCCCC)cc4)c4ccsc34)c3ccsc23)cc1. The van der Waals surface area contributed by atoms with Crippen LogP contribution in [0.4, 0.5) is 0 Å². The van der Waals surface area contributed by atoms with Gasteiger partial charge >= 0.3 is 0 Å². The van der Waals surface area contributed by atoms with Gasteiger partial charge in [0.25, 0.3) is 0 Å². The smallest absolute Gasteiger partial charge is 0.154 e. The van der Waals surface area contributed by atoms with E-state index in [0.29, 0.717) is 0 Å². The Kier molecular flexibility index (Phi) is 11.5. The third kappa shape index (κ3) is 7.82. The average molecular weight is 767 g/mol. The maximum atomic E-state index is 7.21. The first kappa shape index (κ1) is 36.0. The maximum Gasteiger partial charge on any atom is 0.154 e. The molecule has 4 aromatic carbocycles. The minimum atomic E-state index is 0.969. The van der Waals surface area contributed by atoms with Crippen molar-refractivity contribution in [1.29, 1.82) is 0 Å². The highest BCUT2D eigenvalue weighted by molar-refractivity contribution is 7.20. The molecule has 4 heterocycles. The summed E-state index contributed by atoms with van der Waals surface area (Å²) in [6.07, 6.45) is 21.9. The first-order chi connectivity index (χ1) is 26.2. The number of fused-ring (bicyclic) bond motifs is 4. The van der Waals surface area contributed by atoms with Gasteiger partial charge in [0.2, 0.25) is 0 Å². The second-order valence-electron chi connectivity index (χ2n) is 14.0. The summed E-state index contributed by atoms with van der Waals surface area (Å²) in [5, 5.41) is 13.7. The fourth-order valence-electron chi connectivity index (χ4n) is 7.37. The van der Waals surface area contributed by atoms with Crippen molar-refractivity contribution in [3.8, 4) is 11.5 Å². The van der Waals surface area contributed by atoms with Gasteiger partial charge in [-0.25, -0.2) is 0 Å². The molecule has 0 radical (unpaired) electrons. The number of unbranched alkanes of at least 4 members (excludes halogenated alkanes) is 6. The number of benzene rings is 4. The van der Waals surface area contributed by atoms with E-state index in [1.54, 1.807) is 45.3 Å². The third-order valence-corrected chi connectivity index (χ3v) is 14.0. The predicted octanol–water partition coefficient (Wildman–Crippen LogP) is 16.9. The summed E-state index contributed by atoms with van der Waals surface area (Å²) in [5.41, 5.74) is 7.88. The van der Waals surface area contributed by atoms with Crippen molar-refractivity contribution in [2.75, 3.05) is 0 Å². The molecule has 0 saturated heterocycles. The summed E-state index contributed by atoms with van der Waals surface area (Å²) in [6.45, 7) is 4.54. The van der Waals surface area contributed by atoms with Crippen LogP contribution in [0.5, 0.6) is 11.5 Å². The topological polar surface area (TPSA) is 9.23 Å². The Morgan fingerprint density at radius 1 is 0.415 bits per heavy atom. The first-order valence-corrected chi connectivity index (χ1v) is 22.8. The lowest BCUT2D eigenvalue weighted by molar-refractivity contribution is 0.507. The van der Waals surface area contributed by atoms with E-state index in [1.807, 2.05) is 0 Å². The zero-order valence-electron chi connectivity index (χ0n) is 30.7. The van der Waals surface area contributed by atoms with Crippen LogP contribution in [0.3, 0.4) is 0 Å². The minimum absolute atomic E-state index is 0.969. The van der Waals surface area contributed by atoms with Crippen LogP contribution in [0.15, 0.2) is 94.3 Å². The number of rotatable bonds is 16. The van der Waals surface area contributed by atoms with Gasteiger partial charge in [-0.1, -0.05) is 125 Å². The Hall–Kier alpha value is -4.00. The van der Waals surface area contributed by atoms with Gasteiger partial charge in [0.05, 0.1) is 9.40 Å². The summed E-state index contributed by atoms with van der Waals surface area (Å²) < 4.78 is 12.1. The number of hydrogen-bond donors (Lipinski definition) is 0. The standard InChI is InChI=1S/C48H46OS4/c1-3-5-7-9-11-33-13-17-35(18-14-33)21-23-37-39-25-29-52-47(39)43(41-27-31-50-45(37)41)49-44-42-28-32-51-46(42)38(40-26-30-53-48(40)44)24-22-36-19-15-34(16-20-36)12-10-8-6-4-2/h13-32H,3-12H2,1-2H3/b23-21+,24-22+. The quantitative estimate of drug-likeness (QED) is 0.0703. The largest absolute Gasteiger partial charge is 0.453 e. The van der Waals surface area contributed by atoms with Crippen LogP contribution < -0.4 is 4.74 Å². The fourth-order valence-corrected chi connectivity index (χ4v) is 11.0. The van der Waals surface area contributed by atoms with Gasteiger partial charge < -0.3 is 4.74 Å². The molecule has 53 heavy (non-hydrogen) atoms. The van der Waals surface area contributed by atoms with Crippen LogP contribution in [0, 0.1) is 0 Å². The molecule has 268 valence electrons. The van der Waals surface area contributed by atoms with Gasteiger partial charge in [-0.05, 0) is 93.7 Å². The lowest BCUT2D eigenvalue weighted by Crippen LogP contribution is -1.90. The molecule has 8 rings (SSSR count). The normalized spacial score (nSPS) is 12.2. The van der Waals surface area contributed by atoms with Crippen molar-refractivity contribution >= 4 is 110 Å². The molecule has 0 unspecified atom stereocenters. The Morgan fingerprint density at radius 2 is 0.811 bits per heavy atom. The zero-order valence-corrected chi connectivity index (χ0v) is 33.9. The summed E-state index contributed by atoms with van der Waals surface area (Å²) in [6, 6.07) is 27.3. The van der Waals surface area contributed by atoms with Gasteiger partial charge in [-0.15, -0.1) is 45.3 Å². The highest BCUT2D eigenvalue weighted by Crippen LogP contribution is 2.50. The van der Waals surface area contributed by atoms with E-state index < -0.39 is 0 Å². The van der Waals surface area contributed by atoms with Crippen LogP contribution in [0.1, 0.15) is 98.6 Å². The molecule has 0 aliphatic heterocycles. The fraction of sp³-hybridized carbons (Fsp3) is 0.250. The molecule has 0 fully saturated rings. The molecular weight excluding hydrogens is 721 g/mol. The molecule has 0 spiro atoms. The molecule has 0 atom stereocenters. The molecule has 0 aliphatic rings. The number of thiophene rings is 4. The number of hydrogen-bond acceptors (Lipinski definition) is 5. The third-order valence-electron chi connectivity index (χ3n) is 10.3. The van der Waals surface area contributed by atoms with Crippen LogP contribution >= 0.6 is 45.3 Å². The van der Waals surface area contributed by atoms with E-state index >= 15 is 0 Å². The predicted molar refractivity (Wildman–Crippen MR) is 241 cm³/mol. The van der Waals surface area contributed by atoms with Crippen LogP contribution in [0.2, 0.25) is 0 Å². The van der Waals surface area contributed by atoms with E-state index in [0.717, 1.165) is 11.5 Å². The zero-order chi connectivity index (χ0) is 36.0. The van der Waals surface area contributed by atoms with Gasteiger partial charge in [0, 0.05) is 42.1 Å². The summed E-state index contributed by atoms with van der Waals surface area (Å²) >= 11 is 7.14. The van der Waals surface area contributed by atoms with Gasteiger partial charge in [-0.2, -0.15) is 0 Å². The van der Waals surface area contributed by atoms with E-state index in [2.05, 4.69) is 132 Å². The molecular formula is C48H46OS4. The highest BCUT2D eigenvalue weighted by Gasteiger charge is 2.21. The van der Waals surface area contributed by atoms with Crippen molar-refractivity contribution in [3.63, 3.8) is 0 Å². The molecule has 0 saturated carbocycles. The molecule has 5 heteroatoms. The van der Waals surface area contributed by atoms with Crippen molar-refractivity contribution in [2.24, 2.45) is 0 Å². The van der Waals surface area contributed by atoms with Crippen LogP contribution in [-0.4, -0.2) is 0 Å². The van der Waals surface area contributed by atoms with E-state index in [-0.39, 0.29) is 0 Å². The van der Waals surface area contributed by atoms with Crippen molar-refractivity contribution in [2.45, 2.75) is 78.1 Å². The first-order valence-electron chi connectivity index (χ1n) is 19.2. The lowest BCUT2D eigenvalue weighted by Gasteiger charge is -2.14. The Bertz CT molecular complexity index is 2220. The van der Waals surface area contributed by atoms with Gasteiger partial charge in [0.1, 0.15) is 0 Å². The molecule has 1 nitrogen and oxygen atoms in total. The average Bonchev–Trinajstić information content (AvgIpc) is 4.03. The van der Waals surface area contributed by atoms with E-state index in [9.17, 15) is 0 Å². The van der Waals surface area contributed by atoms with Crippen molar-refractivity contribution in [1.82, 2.24) is 0 Å². The van der Waals surface area contributed by atoms with E-state index in [1.165, 1.54) is 138 Å². The van der Waals surface area contributed by atoms with Crippen LogP contribution in [0.25, 0.3) is 64.6 Å². The summed E-state index contributed by atoms with van der Waals surface area (Å²) in [7, 11) is 0. The van der Waals surface area contributed by atoms with Gasteiger partial charge in [0.15, 0.2) is 11.5 Å². The minimum Gasteiger partial charge on any atom is -0.453 e. The van der Waals surface area contributed by atoms with Crippen molar-refractivity contribution in [3.05, 3.63) is 128 Å². The van der Waals surface area contributed by atoms with Crippen LogP contribution in [-0.2, 0) is 12.8 Å². The van der Waals surface area contributed by atoms with Gasteiger partial charge in [-0.3, -0.25) is 0 Å². The Morgan fingerprint density at radius 3 is 1.23 bits per heavy atom. The highest BCUT2D eigenvalue weighted by atomic mass is 32.1. The maximum absolute atomic E-state index is 7.21.